The van der Waals surface area contributed by atoms with Crippen LogP contribution in [-0.2, 0) is 13.6 Å². The average molecular weight is 529 g/mol. The van der Waals surface area contributed by atoms with Crippen molar-refractivity contribution in [3.8, 4) is 0 Å². The largest absolute Gasteiger partial charge is 0.352 e. The summed E-state index contributed by atoms with van der Waals surface area (Å²) in [5.74, 6) is 1.68. The Labute approximate surface area is 223 Å². The zero-order chi connectivity index (χ0) is 26.6. The van der Waals surface area contributed by atoms with Gasteiger partial charge in [-0.05, 0) is 72.5 Å². The molecule has 2 aromatic heterocycles. The van der Waals surface area contributed by atoms with Crippen LogP contribution in [0.3, 0.4) is 0 Å². The average Bonchev–Trinajstić information content (AvgIpc) is 3.25. The lowest BCUT2D eigenvalue weighted by Gasteiger charge is -2.19. The Balaban J connectivity index is 1.34. The molecule has 2 heterocycles. The number of nitrogens with two attached hydrogens (primary N) is 1. The molecule has 0 aliphatic rings. The third-order valence-electron chi connectivity index (χ3n) is 6.19. The Morgan fingerprint density at radius 2 is 1.89 bits per heavy atom. The molecule has 5 rings (SSSR count). The Morgan fingerprint density at radius 1 is 1.05 bits per heavy atom. The standard InChI is InChI=1S/C28H29FN8S/c1-4-38(30)23-10-6-9-21(16-23)33-27-31-14-13-26(35-27)36(2)22-11-12-25-24(17-22)34-28(37(25)3)32-18-19-7-5-8-20(29)15-19/h4-17H,18,30H2,1-3H3,(H,32,34)(H,31,33,35). The van der Waals surface area contributed by atoms with Crippen LogP contribution >= 0.6 is 10.7 Å². The molecule has 0 bridgehead atoms. The van der Waals surface area contributed by atoms with Crippen LogP contribution in [-0.4, -0.2) is 31.9 Å². The van der Waals surface area contributed by atoms with Crippen molar-refractivity contribution < 1.29 is 4.39 Å². The van der Waals surface area contributed by atoms with Gasteiger partial charge in [0.25, 0.3) is 0 Å². The number of aromatic nitrogens is 4. The molecule has 0 radical (unpaired) electrons. The van der Waals surface area contributed by atoms with Crippen molar-refractivity contribution in [3.05, 3.63) is 90.4 Å². The predicted octanol–water partition coefficient (Wildman–Crippen LogP) is 5.95. The van der Waals surface area contributed by atoms with E-state index in [2.05, 4.69) is 15.6 Å². The fraction of sp³-hybridized carbons (Fsp3) is 0.143. The molecule has 38 heavy (non-hydrogen) atoms. The van der Waals surface area contributed by atoms with E-state index in [1.165, 1.54) is 12.1 Å². The van der Waals surface area contributed by atoms with E-state index in [0.29, 0.717) is 18.4 Å². The van der Waals surface area contributed by atoms with E-state index in [4.69, 9.17) is 15.1 Å². The van der Waals surface area contributed by atoms with Gasteiger partial charge in [-0.15, -0.1) is 0 Å². The first-order valence-electron chi connectivity index (χ1n) is 12.1. The van der Waals surface area contributed by atoms with Crippen LogP contribution in [0.2, 0.25) is 0 Å². The first kappa shape index (κ1) is 25.4. The summed E-state index contributed by atoms with van der Waals surface area (Å²) in [6.45, 7) is 2.43. The summed E-state index contributed by atoms with van der Waals surface area (Å²) >= 11 is 0. The van der Waals surface area contributed by atoms with Crippen molar-refractivity contribution in [3.63, 3.8) is 0 Å². The van der Waals surface area contributed by atoms with Crippen molar-refractivity contribution in [2.45, 2.75) is 18.4 Å². The van der Waals surface area contributed by atoms with Gasteiger partial charge in [0.1, 0.15) is 11.6 Å². The molecule has 3 aromatic carbocycles. The molecule has 10 heteroatoms. The Hall–Kier alpha value is -4.28. The van der Waals surface area contributed by atoms with Crippen molar-refractivity contribution in [1.29, 1.82) is 0 Å². The molecule has 1 unspecified atom stereocenters. The van der Waals surface area contributed by atoms with Crippen LogP contribution in [0.4, 0.5) is 33.5 Å². The fourth-order valence-corrected chi connectivity index (χ4v) is 4.87. The maximum atomic E-state index is 13.5. The van der Waals surface area contributed by atoms with Gasteiger partial charge in [0.2, 0.25) is 11.9 Å². The minimum Gasteiger partial charge on any atom is -0.352 e. The number of hydrogen-bond donors (Lipinski definition) is 3. The summed E-state index contributed by atoms with van der Waals surface area (Å²) in [5, 5.41) is 14.7. The van der Waals surface area contributed by atoms with Crippen LogP contribution in [0.25, 0.3) is 11.0 Å². The van der Waals surface area contributed by atoms with Gasteiger partial charge < -0.3 is 20.1 Å². The molecule has 0 saturated heterocycles. The third-order valence-corrected chi connectivity index (χ3v) is 7.50. The molecule has 0 saturated carbocycles. The molecular formula is C28H29FN8S. The zero-order valence-electron chi connectivity index (χ0n) is 21.4. The number of hydrogen-bond acceptors (Lipinski definition) is 7. The minimum absolute atomic E-state index is 0.252. The van der Waals surface area contributed by atoms with E-state index in [-0.39, 0.29) is 5.82 Å². The third kappa shape index (κ3) is 5.51. The Morgan fingerprint density at radius 3 is 2.71 bits per heavy atom. The quantitative estimate of drug-likeness (QED) is 0.214. The summed E-state index contributed by atoms with van der Waals surface area (Å²) in [7, 11) is 3.50. The van der Waals surface area contributed by atoms with Crippen molar-refractivity contribution in [2.24, 2.45) is 12.2 Å². The topological polar surface area (TPSA) is 96.9 Å². The molecule has 4 N–H and O–H groups in total. The van der Waals surface area contributed by atoms with E-state index in [1.54, 1.807) is 12.3 Å². The second-order valence-corrected chi connectivity index (χ2v) is 10.4. The van der Waals surface area contributed by atoms with Gasteiger partial charge in [-0.2, -0.15) is 4.98 Å². The first-order valence-corrected chi connectivity index (χ1v) is 13.4. The molecule has 8 nitrogen and oxygen atoms in total. The number of fused-ring (bicyclic) bond motifs is 1. The van der Waals surface area contributed by atoms with Crippen LogP contribution in [0.5, 0.6) is 0 Å². The zero-order valence-corrected chi connectivity index (χ0v) is 22.2. The van der Waals surface area contributed by atoms with E-state index >= 15 is 0 Å². The predicted molar refractivity (Wildman–Crippen MR) is 156 cm³/mol. The number of halogens is 1. The van der Waals surface area contributed by atoms with E-state index in [9.17, 15) is 4.39 Å². The second kappa shape index (κ2) is 11.0. The SMILES string of the molecule is C/C=S(\N)c1cccc(Nc2nccc(N(C)c3ccc4c(c3)nc(NCc3cccc(F)c3)n4C)n2)c1. The molecule has 0 fully saturated rings. The highest BCUT2D eigenvalue weighted by Gasteiger charge is 2.13. The maximum Gasteiger partial charge on any atom is 0.229 e. The molecule has 1 atom stereocenters. The summed E-state index contributed by atoms with van der Waals surface area (Å²) < 4.78 is 15.5. The molecule has 194 valence electrons. The van der Waals surface area contributed by atoms with E-state index in [1.807, 2.05) is 90.5 Å². The van der Waals surface area contributed by atoms with Gasteiger partial charge in [0, 0.05) is 43.1 Å². The van der Waals surface area contributed by atoms with Crippen molar-refractivity contribution >= 4 is 56.2 Å². The number of nitrogens with zero attached hydrogens (tertiary/aromatic N) is 5. The van der Waals surface area contributed by atoms with E-state index < -0.39 is 10.7 Å². The number of imidazole rings is 1. The number of rotatable bonds is 8. The van der Waals surface area contributed by atoms with Gasteiger partial charge in [-0.1, -0.05) is 28.9 Å². The molecule has 0 aliphatic carbocycles. The lowest BCUT2D eigenvalue weighted by atomic mass is 10.2. The minimum atomic E-state index is -0.411. The van der Waals surface area contributed by atoms with Crippen LogP contribution in [0.15, 0.2) is 83.9 Å². The number of nitrogens with one attached hydrogen (secondary N) is 2. The molecule has 0 amide bonds. The van der Waals surface area contributed by atoms with Gasteiger partial charge in [-0.3, -0.25) is 5.14 Å². The first-order chi connectivity index (χ1) is 18.4. The fourth-order valence-electron chi connectivity index (χ4n) is 4.10. The second-order valence-electron chi connectivity index (χ2n) is 8.71. The monoisotopic (exact) mass is 528 g/mol. The summed E-state index contributed by atoms with van der Waals surface area (Å²) in [5.41, 5.74) is 4.49. The molecule has 0 spiro atoms. The van der Waals surface area contributed by atoms with Crippen LogP contribution in [0.1, 0.15) is 12.5 Å². The van der Waals surface area contributed by atoms with Gasteiger partial charge in [0.15, 0.2) is 0 Å². The van der Waals surface area contributed by atoms with E-state index in [0.717, 1.165) is 38.7 Å². The van der Waals surface area contributed by atoms with Crippen molar-refractivity contribution in [1.82, 2.24) is 19.5 Å². The number of aryl methyl sites for hydroxylation is 1. The molecular weight excluding hydrogens is 499 g/mol. The number of benzene rings is 3. The summed E-state index contributed by atoms with van der Waals surface area (Å²) in [6.07, 6.45) is 1.73. The highest BCUT2D eigenvalue weighted by molar-refractivity contribution is 8.13. The van der Waals surface area contributed by atoms with Gasteiger partial charge in [-0.25, -0.2) is 14.4 Å². The lowest BCUT2D eigenvalue weighted by molar-refractivity contribution is 0.626. The Kier molecular flexibility index (Phi) is 7.34. The number of anilines is 5. The lowest BCUT2D eigenvalue weighted by Crippen LogP contribution is -2.12. The molecule has 0 aliphatic heterocycles. The summed E-state index contributed by atoms with van der Waals surface area (Å²) in [6, 6.07) is 22.4. The molecule has 5 aromatic rings. The van der Waals surface area contributed by atoms with Crippen molar-refractivity contribution in [2.75, 3.05) is 22.6 Å². The van der Waals surface area contributed by atoms with Gasteiger partial charge >= 0.3 is 0 Å². The smallest absolute Gasteiger partial charge is 0.229 e. The normalized spacial score (nSPS) is 12.0. The highest BCUT2D eigenvalue weighted by atomic mass is 32.2. The maximum absolute atomic E-state index is 13.5. The highest BCUT2D eigenvalue weighted by Crippen LogP contribution is 2.29. The summed E-state index contributed by atoms with van der Waals surface area (Å²) in [4.78, 5) is 16.9. The van der Waals surface area contributed by atoms with Gasteiger partial charge in [0.05, 0.1) is 11.0 Å². The van der Waals surface area contributed by atoms with Crippen LogP contribution < -0.4 is 20.7 Å². The Bertz CT molecular complexity index is 1630. The van der Waals surface area contributed by atoms with Crippen LogP contribution in [0, 0.1) is 5.82 Å².